The van der Waals surface area contributed by atoms with Crippen LogP contribution in [-0.4, -0.2) is 14.3 Å². The number of fused-ring (bicyclic) bond motifs is 1. The summed E-state index contributed by atoms with van der Waals surface area (Å²) in [6, 6.07) is 13.6. The number of anilines is 1. The number of nitrogens with one attached hydrogen (secondary N) is 1. The molecule has 0 aliphatic heterocycles. The number of rotatable bonds is 3. The molecule has 3 rings (SSSR count). The van der Waals surface area contributed by atoms with Crippen molar-refractivity contribution in [3.05, 3.63) is 59.0 Å². The summed E-state index contributed by atoms with van der Waals surface area (Å²) in [5.41, 5.74) is 1.45. The zero-order valence-electron chi connectivity index (χ0n) is 12.2. The Morgan fingerprint density at radius 1 is 1.09 bits per heavy atom. The molecule has 1 amide bonds. The lowest BCUT2D eigenvalue weighted by Crippen LogP contribution is -2.13. The molecule has 0 bridgehead atoms. The maximum atomic E-state index is 12.4. The van der Waals surface area contributed by atoms with E-state index in [1.807, 2.05) is 31.2 Å². The average molecular weight is 346 g/mol. The third-order valence-electron chi connectivity index (χ3n) is 3.49. The summed E-state index contributed by atoms with van der Waals surface area (Å²) in [6.07, 6.45) is 0. The van der Waals surface area contributed by atoms with E-state index in [9.17, 15) is 13.2 Å². The summed E-state index contributed by atoms with van der Waals surface area (Å²) in [5, 5.41) is 8.89. The smallest absolute Gasteiger partial charge is 0.266 e. The molecule has 5 nitrogen and oxygen atoms in total. The van der Waals surface area contributed by atoms with Gasteiger partial charge in [-0.2, -0.15) is 0 Å². The average Bonchev–Trinajstić information content (AvgIpc) is 2.85. The van der Waals surface area contributed by atoms with Crippen LogP contribution in [0, 0.1) is 6.92 Å². The molecule has 3 N–H and O–H groups in total. The van der Waals surface area contributed by atoms with Crippen LogP contribution in [0.25, 0.3) is 10.1 Å². The molecule has 0 fully saturated rings. The Kier molecular flexibility index (Phi) is 3.93. The molecule has 0 radical (unpaired) electrons. The lowest BCUT2D eigenvalue weighted by atomic mass is 10.1. The van der Waals surface area contributed by atoms with Crippen LogP contribution in [0.1, 0.15) is 15.2 Å². The number of thiophene rings is 1. The highest BCUT2D eigenvalue weighted by molar-refractivity contribution is 7.89. The first-order valence-electron chi connectivity index (χ1n) is 6.78. The molecule has 118 valence electrons. The third kappa shape index (κ3) is 3.12. The highest BCUT2D eigenvalue weighted by Crippen LogP contribution is 2.31. The molecule has 2 aromatic carbocycles. The van der Waals surface area contributed by atoms with Crippen molar-refractivity contribution in [3.8, 4) is 0 Å². The number of hydrogen-bond donors (Lipinski definition) is 2. The number of carbonyl (C=O) groups is 1. The van der Waals surface area contributed by atoms with Gasteiger partial charge in [0.1, 0.15) is 0 Å². The van der Waals surface area contributed by atoms with E-state index in [0.717, 1.165) is 15.6 Å². The summed E-state index contributed by atoms with van der Waals surface area (Å²) in [6.45, 7) is 1.91. The number of aryl methyl sites for hydroxylation is 1. The molecule has 0 saturated heterocycles. The minimum Gasteiger partial charge on any atom is -0.321 e. The molecular weight excluding hydrogens is 332 g/mol. The van der Waals surface area contributed by atoms with Gasteiger partial charge in [-0.15, -0.1) is 11.3 Å². The lowest BCUT2D eigenvalue weighted by Gasteiger charge is -2.05. The number of benzene rings is 2. The van der Waals surface area contributed by atoms with Crippen LogP contribution in [0.5, 0.6) is 0 Å². The van der Waals surface area contributed by atoms with Gasteiger partial charge in [0.05, 0.1) is 9.77 Å². The molecule has 3 aromatic rings. The number of amides is 1. The van der Waals surface area contributed by atoms with Crippen molar-refractivity contribution in [3.63, 3.8) is 0 Å². The maximum absolute atomic E-state index is 12.4. The predicted molar refractivity (Wildman–Crippen MR) is 92.3 cm³/mol. The Bertz CT molecular complexity index is 990. The fourth-order valence-corrected chi connectivity index (χ4v) is 3.93. The van der Waals surface area contributed by atoms with Crippen molar-refractivity contribution in [1.82, 2.24) is 0 Å². The Labute approximate surface area is 137 Å². The first-order chi connectivity index (χ1) is 10.9. The normalized spacial score (nSPS) is 11.6. The monoisotopic (exact) mass is 346 g/mol. The van der Waals surface area contributed by atoms with Gasteiger partial charge in [0, 0.05) is 10.4 Å². The van der Waals surface area contributed by atoms with E-state index in [0.29, 0.717) is 10.6 Å². The second-order valence-electron chi connectivity index (χ2n) is 5.08. The van der Waals surface area contributed by atoms with Crippen molar-refractivity contribution in [2.75, 3.05) is 5.32 Å². The van der Waals surface area contributed by atoms with Gasteiger partial charge in [-0.1, -0.05) is 18.2 Å². The molecule has 23 heavy (non-hydrogen) atoms. The van der Waals surface area contributed by atoms with Crippen molar-refractivity contribution >= 4 is 43.0 Å². The molecule has 7 heteroatoms. The van der Waals surface area contributed by atoms with Gasteiger partial charge >= 0.3 is 0 Å². The minimum atomic E-state index is -3.73. The molecule has 0 aliphatic carbocycles. The van der Waals surface area contributed by atoms with Gasteiger partial charge < -0.3 is 5.32 Å². The van der Waals surface area contributed by atoms with E-state index >= 15 is 0 Å². The van der Waals surface area contributed by atoms with Crippen LogP contribution in [-0.2, 0) is 10.0 Å². The number of sulfonamides is 1. The molecular formula is C16H14N2O3S2. The third-order valence-corrected chi connectivity index (χ3v) is 5.69. The second kappa shape index (κ2) is 5.77. The molecule has 0 saturated carbocycles. The summed E-state index contributed by atoms with van der Waals surface area (Å²) >= 11 is 1.43. The largest absolute Gasteiger partial charge is 0.321 e. The summed E-state index contributed by atoms with van der Waals surface area (Å²) in [7, 11) is -3.73. The molecule has 1 aromatic heterocycles. The topological polar surface area (TPSA) is 89.3 Å². The quantitative estimate of drug-likeness (QED) is 0.763. The van der Waals surface area contributed by atoms with E-state index in [-0.39, 0.29) is 10.8 Å². The fourth-order valence-electron chi connectivity index (χ4n) is 2.31. The SMILES string of the molecule is Cc1c(C(=O)Nc2ccc(S(N)(=O)=O)cc2)sc2ccccc12. The number of carbonyl (C=O) groups excluding carboxylic acids is 1. The molecule has 0 aliphatic rings. The lowest BCUT2D eigenvalue weighted by molar-refractivity contribution is 0.103. The van der Waals surface area contributed by atoms with E-state index < -0.39 is 10.0 Å². The van der Waals surface area contributed by atoms with Gasteiger partial charge in [-0.3, -0.25) is 4.79 Å². The Morgan fingerprint density at radius 3 is 2.35 bits per heavy atom. The van der Waals surface area contributed by atoms with Gasteiger partial charge in [0.25, 0.3) is 5.91 Å². The van der Waals surface area contributed by atoms with Crippen LogP contribution in [0.2, 0.25) is 0 Å². The molecule has 1 heterocycles. The van der Waals surface area contributed by atoms with Crippen molar-refractivity contribution in [2.24, 2.45) is 5.14 Å². The van der Waals surface area contributed by atoms with Crippen LogP contribution < -0.4 is 10.5 Å². The van der Waals surface area contributed by atoms with Crippen LogP contribution in [0.3, 0.4) is 0 Å². The number of hydrogen-bond acceptors (Lipinski definition) is 4. The second-order valence-corrected chi connectivity index (χ2v) is 7.69. The highest BCUT2D eigenvalue weighted by Gasteiger charge is 2.15. The van der Waals surface area contributed by atoms with Gasteiger partial charge in [0.2, 0.25) is 10.0 Å². The maximum Gasteiger partial charge on any atom is 0.266 e. The van der Waals surface area contributed by atoms with Crippen LogP contribution in [0.4, 0.5) is 5.69 Å². The van der Waals surface area contributed by atoms with Crippen LogP contribution >= 0.6 is 11.3 Å². The zero-order valence-corrected chi connectivity index (χ0v) is 13.9. The minimum absolute atomic E-state index is 0.00791. The van der Waals surface area contributed by atoms with Crippen molar-refractivity contribution in [2.45, 2.75) is 11.8 Å². The Balaban J connectivity index is 1.87. The van der Waals surface area contributed by atoms with E-state index in [4.69, 9.17) is 5.14 Å². The van der Waals surface area contributed by atoms with E-state index in [1.54, 1.807) is 0 Å². The van der Waals surface area contributed by atoms with Crippen molar-refractivity contribution < 1.29 is 13.2 Å². The Hall–Kier alpha value is -2.22. The summed E-state index contributed by atoms with van der Waals surface area (Å²) < 4.78 is 23.5. The van der Waals surface area contributed by atoms with Gasteiger partial charge in [-0.05, 0) is 48.2 Å². The van der Waals surface area contributed by atoms with Crippen molar-refractivity contribution in [1.29, 1.82) is 0 Å². The standard InChI is InChI=1S/C16H14N2O3S2/c1-10-13-4-2-3-5-14(13)22-15(10)16(19)18-11-6-8-12(9-7-11)23(17,20)21/h2-9H,1H3,(H,18,19)(H2,17,20,21). The van der Waals surface area contributed by atoms with Crippen LogP contribution in [0.15, 0.2) is 53.4 Å². The number of nitrogens with two attached hydrogens (primary N) is 1. The van der Waals surface area contributed by atoms with E-state index in [2.05, 4.69) is 5.32 Å². The summed E-state index contributed by atoms with van der Waals surface area (Å²) in [5.74, 6) is -0.216. The number of primary sulfonamides is 1. The van der Waals surface area contributed by atoms with Gasteiger partial charge in [-0.25, -0.2) is 13.6 Å². The first-order valence-corrected chi connectivity index (χ1v) is 9.15. The molecule has 0 spiro atoms. The fraction of sp³-hybridized carbons (Fsp3) is 0.0625. The summed E-state index contributed by atoms with van der Waals surface area (Å²) in [4.78, 5) is 13.1. The predicted octanol–water partition coefficient (Wildman–Crippen LogP) is 3.11. The molecule has 0 atom stereocenters. The Morgan fingerprint density at radius 2 is 1.74 bits per heavy atom. The highest BCUT2D eigenvalue weighted by atomic mass is 32.2. The first kappa shape index (κ1) is 15.7. The molecule has 0 unspecified atom stereocenters. The van der Waals surface area contributed by atoms with E-state index in [1.165, 1.54) is 35.6 Å². The zero-order chi connectivity index (χ0) is 16.6. The van der Waals surface area contributed by atoms with Gasteiger partial charge in [0.15, 0.2) is 0 Å².